The molecule has 0 saturated carbocycles. The fourth-order valence-corrected chi connectivity index (χ4v) is 3.42. The highest BCUT2D eigenvalue weighted by Crippen LogP contribution is 2.38. The van der Waals surface area contributed by atoms with E-state index >= 15 is 0 Å². The lowest BCUT2D eigenvalue weighted by Gasteiger charge is -2.25. The SMILES string of the molecule is Cl.Oc1ccc2[nH]c3c(c2c1)CCNC3c1cc(Cl)ccc1O. The molecule has 23 heavy (non-hydrogen) atoms. The van der Waals surface area contributed by atoms with Crippen molar-refractivity contribution in [3.8, 4) is 11.5 Å². The lowest BCUT2D eigenvalue weighted by atomic mass is 9.94. The molecule has 0 amide bonds. The van der Waals surface area contributed by atoms with Crippen molar-refractivity contribution in [1.29, 1.82) is 0 Å². The van der Waals surface area contributed by atoms with Crippen LogP contribution in [-0.4, -0.2) is 21.7 Å². The lowest BCUT2D eigenvalue weighted by molar-refractivity contribution is 0.452. The Morgan fingerprint density at radius 3 is 2.74 bits per heavy atom. The first-order chi connectivity index (χ1) is 10.6. The molecule has 2 aromatic carbocycles. The monoisotopic (exact) mass is 350 g/mol. The standard InChI is InChI=1S/C17H15ClN2O2.ClH/c18-9-1-4-15(22)13(7-9)16-17-11(5-6-19-16)12-8-10(21)2-3-14(12)20-17;/h1-4,7-8,16,19-22H,5-6H2;1H. The molecule has 4 rings (SSSR count). The van der Waals surface area contributed by atoms with Gasteiger partial charge in [-0.15, -0.1) is 12.4 Å². The maximum absolute atomic E-state index is 10.2. The van der Waals surface area contributed by atoms with Crippen LogP contribution in [0.4, 0.5) is 0 Å². The fraction of sp³-hybridized carbons (Fsp3) is 0.176. The Labute approximate surface area is 144 Å². The van der Waals surface area contributed by atoms with Crippen molar-refractivity contribution in [3.63, 3.8) is 0 Å². The van der Waals surface area contributed by atoms with Gasteiger partial charge in [-0.2, -0.15) is 0 Å². The molecule has 0 aliphatic carbocycles. The molecule has 0 spiro atoms. The van der Waals surface area contributed by atoms with E-state index in [9.17, 15) is 10.2 Å². The summed E-state index contributed by atoms with van der Waals surface area (Å²) in [5, 5.41) is 25.0. The first-order valence-corrected chi connectivity index (χ1v) is 7.56. The number of hydrogen-bond donors (Lipinski definition) is 4. The number of phenols is 2. The molecular weight excluding hydrogens is 335 g/mol. The van der Waals surface area contributed by atoms with Gasteiger partial charge in [-0.1, -0.05) is 11.6 Å². The molecule has 1 atom stereocenters. The zero-order valence-corrected chi connectivity index (χ0v) is 13.7. The Morgan fingerprint density at radius 2 is 1.91 bits per heavy atom. The molecule has 0 radical (unpaired) electrons. The second-order valence-corrected chi connectivity index (χ2v) is 6.02. The Morgan fingerprint density at radius 1 is 1.09 bits per heavy atom. The molecular formula is C17H16Cl2N2O2. The fourth-order valence-electron chi connectivity index (χ4n) is 3.24. The van der Waals surface area contributed by atoms with Crippen LogP contribution in [0, 0.1) is 0 Å². The van der Waals surface area contributed by atoms with Crippen LogP contribution >= 0.6 is 24.0 Å². The van der Waals surface area contributed by atoms with Crippen LogP contribution in [-0.2, 0) is 6.42 Å². The van der Waals surface area contributed by atoms with Crippen LogP contribution in [0.3, 0.4) is 0 Å². The zero-order chi connectivity index (χ0) is 15.3. The normalized spacial score (nSPS) is 16.8. The first-order valence-electron chi connectivity index (χ1n) is 7.19. The minimum Gasteiger partial charge on any atom is -0.508 e. The highest BCUT2D eigenvalue weighted by atomic mass is 35.5. The van der Waals surface area contributed by atoms with Crippen LogP contribution in [0.25, 0.3) is 10.9 Å². The third-order valence-electron chi connectivity index (χ3n) is 4.24. The summed E-state index contributed by atoms with van der Waals surface area (Å²) in [5.41, 5.74) is 3.93. The number of H-pyrrole nitrogens is 1. The van der Waals surface area contributed by atoms with E-state index in [0.717, 1.165) is 35.1 Å². The summed E-state index contributed by atoms with van der Waals surface area (Å²) >= 11 is 6.08. The molecule has 120 valence electrons. The number of fused-ring (bicyclic) bond motifs is 3. The van der Waals surface area contributed by atoms with Crippen molar-refractivity contribution < 1.29 is 10.2 Å². The number of rotatable bonds is 1. The number of benzene rings is 2. The van der Waals surface area contributed by atoms with Gasteiger partial charge in [0.25, 0.3) is 0 Å². The van der Waals surface area contributed by atoms with Crippen LogP contribution in [0.1, 0.15) is 22.9 Å². The molecule has 1 aromatic heterocycles. The lowest BCUT2D eigenvalue weighted by Crippen LogP contribution is -2.30. The predicted molar refractivity (Wildman–Crippen MR) is 93.9 cm³/mol. The second kappa shape index (κ2) is 5.96. The Balaban J connectivity index is 0.00000156. The number of aromatic amines is 1. The summed E-state index contributed by atoms with van der Waals surface area (Å²) in [4.78, 5) is 3.41. The maximum atomic E-state index is 10.2. The molecule has 1 unspecified atom stereocenters. The Bertz CT molecular complexity index is 876. The highest BCUT2D eigenvalue weighted by Gasteiger charge is 2.27. The van der Waals surface area contributed by atoms with E-state index < -0.39 is 0 Å². The van der Waals surface area contributed by atoms with E-state index in [1.54, 1.807) is 30.3 Å². The number of aromatic hydroxyl groups is 2. The molecule has 6 heteroatoms. The van der Waals surface area contributed by atoms with Crippen LogP contribution in [0.15, 0.2) is 36.4 Å². The highest BCUT2D eigenvalue weighted by molar-refractivity contribution is 6.30. The van der Waals surface area contributed by atoms with Crippen molar-refractivity contribution in [2.75, 3.05) is 6.54 Å². The summed E-state index contributed by atoms with van der Waals surface area (Å²) < 4.78 is 0. The third-order valence-corrected chi connectivity index (χ3v) is 4.47. The van der Waals surface area contributed by atoms with Gasteiger partial charge in [0.05, 0.1) is 6.04 Å². The number of halogens is 2. The van der Waals surface area contributed by atoms with E-state index in [2.05, 4.69) is 10.3 Å². The smallest absolute Gasteiger partial charge is 0.120 e. The maximum Gasteiger partial charge on any atom is 0.120 e. The van der Waals surface area contributed by atoms with Crippen LogP contribution in [0.2, 0.25) is 5.02 Å². The van der Waals surface area contributed by atoms with Crippen molar-refractivity contribution in [2.24, 2.45) is 0 Å². The molecule has 1 aliphatic rings. The van der Waals surface area contributed by atoms with E-state index in [0.29, 0.717) is 5.02 Å². The van der Waals surface area contributed by atoms with Gasteiger partial charge in [-0.25, -0.2) is 0 Å². The van der Waals surface area contributed by atoms with Crippen molar-refractivity contribution in [1.82, 2.24) is 10.3 Å². The number of aromatic nitrogens is 1. The molecule has 2 heterocycles. The van der Waals surface area contributed by atoms with Gasteiger partial charge in [-0.05, 0) is 48.4 Å². The van der Waals surface area contributed by atoms with Gasteiger partial charge in [0.2, 0.25) is 0 Å². The molecule has 4 N–H and O–H groups in total. The average Bonchev–Trinajstić information content (AvgIpc) is 2.88. The summed E-state index contributed by atoms with van der Waals surface area (Å²) in [7, 11) is 0. The van der Waals surface area contributed by atoms with Gasteiger partial charge < -0.3 is 20.5 Å². The van der Waals surface area contributed by atoms with Crippen LogP contribution < -0.4 is 5.32 Å². The van der Waals surface area contributed by atoms with Gasteiger partial charge in [0.1, 0.15) is 11.5 Å². The zero-order valence-electron chi connectivity index (χ0n) is 12.1. The van der Waals surface area contributed by atoms with E-state index in [4.69, 9.17) is 11.6 Å². The number of hydrogen-bond acceptors (Lipinski definition) is 3. The average molecular weight is 351 g/mol. The second-order valence-electron chi connectivity index (χ2n) is 5.59. The summed E-state index contributed by atoms with van der Waals surface area (Å²) in [5.74, 6) is 0.478. The molecule has 4 nitrogen and oxygen atoms in total. The van der Waals surface area contributed by atoms with Crippen molar-refractivity contribution in [3.05, 3.63) is 58.2 Å². The van der Waals surface area contributed by atoms with E-state index in [1.165, 1.54) is 5.56 Å². The predicted octanol–water partition coefficient (Wildman–Crippen LogP) is 3.89. The summed E-state index contributed by atoms with van der Waals surface area (Å²) in [6, 6.07) is 10.3. The van der Waals surface area contributed by atoms with Crippen molar-refractivity contribution in [2.45, 2.75) is 12.5 Å². The molecule has 0 saturated heterocycles. The van der Waals surface area contributed by atoms with Crippen molar-refractivity contribution >= 4 is 34.9 Å². The van der Waals surface area contributed by atoms with Gasteiger partial charge >= 0.3 is 0 Å². The Kier molecular flexibility index (Phi) is 4.15. The van der Waals surface area contributed by atoms with Gasteiger partial charge in [-0.3, -0.25) is 0 Å². The molecule has 3 aromatic rings. The van der Waals surface area contributed by atoms with E-state index in [1.807, 2.05) is 6.07 Å². The van der Waals surface area contributed by atoms with Gasteiger partial charge in [0, 0.05) is 33.7 Å². The third kappa shape index (κ3) is 2.63. The first kappa shape index (κ1) is 16.0. The summed E-state index contributed by atoms with van der Waals surface area (Å²) in [6.45, 7) is 0.798. The molecule has 1 aliphatic heterocycles. The van der Waals surface area contributed by atoms with Gasteiger partial charge in [0.15, 0.2) is 0 Å². The summed E-state index contributed by atoms with van der Waals surface area (Å²) in [6.07, 6.45) is 0.872. The topological polar surface area (TPSA) is 68.3 Å². The number of phenolic OH excluding ortho intramolecular Hbond substituents is 2. The molecule has 0 bridgehead atoms. The molecule has 0 fully saturated rings. The quantitative estimate of drug-likeness (QED) is 0.538. The van der Waals surface area contributed by atoms with E-state index in [-0.39, 0.29) is 29.9 Å². The minimum atomic E-state index is -0.142. The Hall–Kier alpha value is -1.88. The number of nitrogens with one attached hydrogen (secondary N) is 2. The van der Waals surface area contributed by atoms with Crippen LogP contribution in [0.5, 0.6) is 11.5 Å². The minimum absolute atomic E-state index is 0. The largest absolute Gasteiger partial charge is 0.508 e.